The molecule has 16 unspecified atom stereocenters. The molecular weight excluding hydrogens is 1250 g/mol. The van der Waals surface area contributed by atoms with Gasteiger partial charge in [-0.15, -0.1) is 19.3 Å². The highest BCUT2D eigenvalue weighted by molar-refractivity contribution is 5.65. The Morgan fingerprint density at radius 1 is 0.365 bits per heavy atom. The molecule has 0 aromatic heterocycles. The smallest absolute Gasteiger partial charge is 0.431 e. The van der Waals surface area contributed by atoms with E-state index in [1.807, 2.05) is 105 Å². The average molecular weight is 1330 g/mol. The number of cyclic esters (lactones) is 16. The van der Waals surface area contributed by atoms with Crippen molar-refractivity contribution in [2.75, 3.05) is 0 Å². The fourth-order valence-corrected chi connectivity index (χ4v) is 8.66. The van der Waals surface area contributed by atoms with E-state index in [-0.39, 0.29) is 67.5 Å². The molecule has 8 aliphatic rings. The highest BCUT2D eigenvalue weighted by atomic mass is 16.8. The molecule has 0 saturated carbocycles. The third kappa shape index (κ3) is 28.4. The average Bonchev–Trinajstić information content (AvgIpc) is 0.884. The number of carbonyl (C=O) groups is 8. The van der Waals surface area contributed by atoms with Crippen molar-refractivity contribution < 1.29 is 114 Å². The number of ether oxygens (including phenoxy) is 16. The van der Waals surface area contributed by atoms with Crippen molar-refractivity contribution in [2.45, 2.75) is 177 Å². The molecule has 16 atom stereocenters. The molecule has 96 heavy (non-hydrogen) atoms. The fourth-order valence-electron chi connectivity index (χ4n) is 8.66. The first-order chi connectivity index (χ1) is 46.0. The van der Waals surface area contributed by atoms with Crippen LogP contribution >= 0.6 is 0 Å². The topological polar surface area (TPSA) is 317 Å². The Bertz CT molecular complexity index is 3150. The molecule has 11 rings (SSSR count). The van der Waals surface area contributed by atoms with Crippen LogP contribution in [-0.4, -0.2) is 129 Å². The predicted molar refractivity (Wildman–Crippen MR) is 333 cm³/mol. The van der Waals surface area contributed by atoms with E-state index in [1.54, 1.807) is 38.1 Å². The summed E-state index contributed by atoms with van der Waals surface area (Å²) < 4.78 is 75.7. The molecular formula is C69H71N3O24. The van der Waals surface area contributed by atoms with Gasteiger partial charge in [-0.3, -0.25) is 9.69 Å². The van der Waals surface area contributed by atoms with Gasteiger partial charge in [0.15, 0.2) is 18.3 Å². The van der Waals surface area contributed by atoms with E-state index in [9.17, 15) is 38.4 Å². The zero-order valence-electron chi connectivity index (χ0n) is 52.8. The zero-order chi connectivity index (χ0) is 70.5. The molecule has 0 amide bonds. The first kappa shape index (κ1) is 76.6. The summed E-state index contributed by atoms with van der Waals surface area (Å²) in [6, 6.07) is 31.0. The van der Waals surface area contributed by atoms with Crippen molar-refractivity contribution in [3.8, 4) is 43.1 Å². The Hall–Kier alpha value is -11.8. The molecule has 506 valence electrons. The number of terminal acetylenes is 3. The summed E-state index contributed by atoms with van der Waals surface area (Å²) in [5.41, 5.74) is 3.02. The number of carbonyl (C=O) groups excluding carboxylic acids is 8. The van der Waals surface area contributed by atoms with Crippen LogP contribution in [0.2, 0.25) is 0 Å². The Morgan fingerprint density at radius 3 is 1.02 bits per heavy atom. The van der Waals surface area contributed by atoms with Gasteiger partial charge in [0.1, 0.15) is 73.5 Å². The van der Waals surface area contributed by atoms with Crippen molar-refractivity contribution in [3.05, 3.63) is 168 Å². The molecule has 27 heteroatoms. The Labute approximate surface area is 555 Å². The molecule has 0 radical (unpaired) electrons. The summed E-state index contributed by atoms with van der Waals surface area (Å²) in [5.74, 6) is 6.90. The van der Waals surface area contributed by atoms with Gasteiger partial charge in [-0.1, -0.05) is 147 Å². The molecule has 3 aromatic rings. The SMILES string of the molecule is C#CC1CC(C#C)OC(=O)O1.C#CC1CC(C)OC(=O)O1.C=CC1CC(C)OC(=O)O1.C=CC1CC(C=C)OC(=O)O1.CC1CC(c2ccccc2)OC(=O)O1.O=C1OC(c2ccccc2)CC(c2ccccc2)O1.[C-]#[N+]C1CC(C#N)OC(=O)O1.[C-]#[N+]C1CC(C)OC(=O)O1. The first-order valence-corrected chi connectivity index (χ1v) is 29.5. The normalized spacial score (nSPS) is 28.4. The number of nitrogens with zero attached hydrogens (tertiary/aromatic N) is 3. The van der Waals surface area contributed by atoms with Crippen molar-refractivity contribution in [1.29, 1.82) is 5.26 Å². The van der Waals surface area contributed by atoms with Crippen molar-refractivity contribution in [1.82, 2.24) is 0 Å². The van der Waals surface area contributed by atoms with Crippen LogP contribution in [0.25, 0.3) is 9.69 Å². The van der Waals surface area contributed by atoms with Gasteiger partial charge in [0.05, 0.1) is 6.42 Å². The van der Waals surface area contributed by atoms with Crippen LogP contribution < -0.4 is 0 Å². The van der Waals surface area contributed by atoms with Crippen LogP contribution in [0.1, 0.15) is 114 Å². The van der Waals surface area contributed by atoms with Gasteiger partial charge in [-0.2, -0.15) is 5.26 Å². The maximum Gasteiger partial charge on any atom is 0.515 e. The molecule has 8 aliphatic heterocycles. The fraction of sp³-hybridized carbons (Fsp3) is 0.406. The quantitative estimate of drug-likeness (QED) is 0.0727. The van der Waals surface area contributed by atoms with E-state index < -0.39 is 86.1 Å². The Balaban J connectivity index is 0.000000236. The van der Waals surface area contributed by atoms with Crippen LogP contribution in [0.5, 0.6) is 0 Å². The summed E-state index contributed by atoms with van der Waals surface area (Å²) in [7, 11) is 0. The largest absolute Gasteiger partial charge is 0.515 e. The van der Waals surface area contributed by atoms with Crippen LogP contribution in [0.15, 0.2) is 129 Å². The van der Waals surface area contributed by atoms with E-state index >= 15 is 0 Å². The van der Waals surface area contributed by atoms with Gasteiger partial charge in [0.2, 0.25) is 6.10 Å². The minimum Gasteiger partial charge on any atom is -0.431 e. The van der Waals surface area contributed by atoms with E-state index in [0.29, 0.717) is 38.5 Å². The van der Waals surface area contributed by atoms with E-state index in [2.05, 4.69) is 85.1 Å². The summed E-state index contributed by atoms with van der Waals surface area (Å²) >= 11 is 0. The lowest BCUT2D eigenvalue weighted by Gasteiger charge is -2.29. The zero-order valence-corrected chi connectivity index (χ0v) is 52.8. The lowest BCUT2D eigenvalue weighted by Crippen LogP contribution is -2.32. The summed E-state index contributed by atoms with van der Waals surface area (Å²) in [6.07, 6.45) is 13.0. The molecule has 0 spiro atoms. The molecule has 0 aliphatic carbocycles. The lowest BCUT2D eigenvalue weighted by atomic mass is 9.98. The molecule has 0 bridgehead atoms. The number of nitriles is 1. The molecule has 8 heterocycles. The van der Waals surface area contributed by atoms with Crippen LogP contribution in [0.3, 0.4) is 0 Å². The number of hydrogen-bond donors (Lipinski definition) is 0. The Morgan fingerprint density at radius 2 is 0.656 bits per heavy atom. The second-order valence-corrected chi connectivity index (χ2v) is 20.8. The van der Waals surface area contributed by atoms with Crippen LogP contribution in [0, 0.1) is 61.5 Å². The van der Waals surface area contributed by atoms with Gasteiger partial charge in [0.25, 0.3) is 0 Å². The monoisotopic (exact) mass is 1330 g/mol. The van der Waals surface area contributed by atoms with Gasteiger partial charge in [-0.05, 0) is 44.4 Å². The number of hydrogen-bond acceptors (Lipinski definition) is 25. The molecule has 0 N–H and O–H groups in total. The number of rotatable bonds is 6. The highest BCUT2D eigenvalue weighted by Crippen LogP contribution is 2.37. The van der Waals surface area contributed by atoms with Crippen LogP contribution in [0.4, 0.5) is 38.4 Å². The van der Waals surface area contributed by atoms with Crippen molar-refractivity contribution in [3.63, 3.8) is 0 Å². The third-order valence-corrected chi connectivity index (χ3v) is 13.3. The maximum atomic E-state index is 11.6. The molecule has 8 saturated heterocycles. The minimum atomic E-state index is -0.941. The van der Waals surface area contributed by atoms with E-state index in [4.69, 9.17) is 75.6 Å². The summed E-state index contributed by atoms with van der Waals surface area (Å²) in [4.78, 5) is 91.8. The second kappa shape index (κ2) is 40.9. The third-order valence-electron chi connectivity index (χ3n) is 13.3. The molecule has 8 fully saturated rings. The van der Waals surface area contributed by atoms with Gasteiger partial charge < -0.3 is 75.8 Å². The van der Waals surface area contributed by atoms with Crippen LogP contribution in [-0.2, 0) is 75.8 Å². The van der Waals surface area contributed by atoms with Crippen molar-refractivity contribution >= 4 is 49.2 Å². The molecule has 27 nitrogen and oxygen atoms in total. The van der Waals surface area contributed by atoms with E-state index in [0.717, 1.165) is 23.1 Å². The minimum absolute atomic E-state index is 0.0516. The van der Waals surface area contributed by atoms with E-state index in [1.165, 1.54) is 0 Å². The van der Waals surface area contributed by atoms with Crippen molar-refractivity contribution in [2.24, 2.45) is 0 Å². The Kier molecular flexibility index (Phi) is 32.7. The highest BCUT2D eigenvalue weighted by Gasteiger charge is 2.35. The van der Waals surface area contributed by atoms with Gasteiger partial charge in [0, 0.05) is 38.5 Å². The second-order valence-electron chi connectivity index (χ2n) is 20.8. The summed E-state index contributed by atoms with van der Waals surface area (Å²) in [5, 5.41) is 8.34. The lowest BCUT2D eigenvalue weighted by molar-refractivity contribution is -0.0628. The van der Waals surface area contributed by atoms with Gasteiger partial charge in [-0.25, -0.2) is 51.5 Å². The van der Waals surface area contributed by atoms with Gasteiger partial charge >= 0.3 is 61.7 Å². The first-order valence-electron chi connectivity index (χ1n) is 29.5. The maximum absolute atomic E-state index is 11.6. The summed E-state index contributed by atoms with van der Waals surface area (Å²) in [6.45, 7) is 30.9. The standard InChI is InChI=1S/C16H14O3.C11H12O3.C8H10O3.C8H6O3.C7H10O3.C7H8O3.C6H4N2O3.C6H7NO3/c17-16-18-14(12-7-3-1-4-8-12)11-15(19-16)13-9-5-2-6-10-13;1-8-7-10(14-11(12)13-8)9-5-3-2-4-6-9;2*1-3-6-5-7(4-2)11-8(9)10-6;2*1-3-6-4-5(2)9-7(8)10-6;1-8-5-2-4(3-7)10-6(9)11-5;1-4-3-5(7-2)10-6(8)9-4/h1-10,14-15H,11H2;2-6,8,10H,7H2,1H3;3-4,6-7H,1-2,5H2;1-2,6-7H,5H2;3,5-6H,1,4H2,2H3;1,5-6H,4H2,2H3;4-5H,2H2;4-5H,3H2,1H3. The molecule has 3 aromatic carbocycles. The number of benzene rings is 3. The predicted octanol–water partition coefficient (Wildman–Crippen LogP) is 13.2.